The number of anilines is 1. The van der Waals surface area contributed by atoms with Crippen LogP contribution in [0, 0.1) is 6.92 Å². The van der Waals surface area contributed by atoms with Gasteiger partial charge in [0.1, 0.15) is 12.3 Å². The van der Waals surface area contributed by atoms with Gasteiger partial charge in [-0.1, -0.05) is 30.3 Å². The Balaban J connectivity index is 1.72. The summed E-state index contributed by atoms with van der Waals surface area (Å²) < 4.78 is 5.46. The average molecular weight is 480 g/mol. The highest BCUT2D eigenvalue weighted by Gasteiger charge is 2.24. The van der Waals surface area contributed by atoms with Gasteiger partial charge in [0, 0.05) is 28.0 Å². The molecule has 1 N–H and O–H groups in total. The maximum absolute atomic E-state index is 13.4. The SMILES string of the molecule is CCOc1ccc(NC(=O)N(CC(=O)N(Cc2ccccc2)Cc2ccc(C)s2)C(C)C)cc1. The maximum Gasteiger partial charge on any atom is 0.322 e. The molecular formula is C27H33N3O3S. The molecule has 0 saturated heterocycles. The molecule has 0 saturated carbocycles. The zero-order chi connectivity index (χ0) is 24.5. The predicted octanol–water partition coefficient (Wildman–Crippen LogP) is 5.93. The Morgan fingerprint density at radius 3 is 2.26 bits per heavy atom. The Bertz CT molecular complexity index is 1060. The van der Waals surface area contributed by atoms with Crippen molar-refractivity contribution < 1.29 is 14.3 Å². The predicted molar refractivity (Wildman–Crippen MR) is 138 cm³/mol. The largest absolute Gasteiger partial charge is 0.494 e. The number of nitrogens with one attached hydrogen (secondary N) is 1. The van der Waals surface area contributed by atoms with Crippen molar-refractivity contribution in [1.82, 2.24) is 9.80 Å². The van der Waals surface area contributed by atoms with E-state index in [0.717, 1.165) is 16.2 Å². The van der Waals surface area contributed by atoms with Gasteiger partial charge in [-0.15, -0.1) is 11.3 Å². The fourth-order valence-electron chi connectivity index (χ4n) is 3.53. The Morgan fingerprint density at radius 2 is 1.68 bits per heavy atom. The van der Waals surface area contributed by atoms with Crippen molar-refractivity contribution in [1.29, 1.82) is 0 Å². The Kier molecular flexibility index (Phi) is 9.10. The molecule has 34 heavy (non-hydrogen) atoms. The van der Waals surface area contributed by atoms with Crippen LogP contribution in [0.15, 0.2) is 66.7 Å². The van der Waals surface area contributed by atoms with E-state index in [-0.39, 0.29) is 24.5 Å². The van der Waals surface area contributed by atoms with Crippen LogP contribution in [-0.2, 0) is 17.9 Å². The molecule has 0 aliphatic rings. The summed E-state index contributed by atoms with van der Waals surface area (Å²) in [6.45, 7) is 9.39. The van der Waals surface area contributed by atoms with Crippen molar-refractivity contribution in [3.63, 3.8) is 0 Å². The highest BCUT2D eigenvalue weighted by Crippen LogP contribution is 2.20. The highest BCUT2D eigenvalue weighted by molar-refractivity contribution is 7.11. The number of benzene rings is 2. The van der Waals surface area contributed by atoms with Crippen LogP contribution in [0.25, 0.3) is 0 Å². The lowest BCUT2D eigenvalue weighted by atomic mass is 10.2. The molecule has 0 unspecified atom stereocenters. The van der Waals surface area contributed by atoms with E-state index in [4.69, 9.17) is 4.74 Å². The van der Waals surface area contributed by atoms with Crippen LogP contribution < -0.4 is 10.1 Å². The van der Waals surface area contributed by atoms with Gasteiger partial charge in [0.25, 0.3) is 0 Å². The van der Waals surface area contributed by atoms with Crippen molar-refractivity contribution in [2.75, 3.05) is 18.5 Å². The Hall–Kier alpha value is -3.32. The molecule has 6 nitrogen and oxygen atoms in total. The van der Waals surface area contributed by atoms with Crippen LogP contribution in [0.2, 0.25) is 0 Å². The number of carbonyl (C=O) groups is 2. The van der Waals surface area contributed by atoms with Gasteiger partial charge in [-0.3, -0.25) is 4.79 Å². The molecule has 0 aliphatic carbocycles. The second-order valence-electron chi connectivity index (χ2n) is 8.36. The fraction of sp³-hybridized carbons (Fsp3) is 0.333. The second kappa shape index (κ2) is 12.2. The molecule has 3 amide bonds. The maximum atomic E-state index is 13.4. The molecule has 3 rings (SSSR count). The Morgan fingerprint density at radius 1 is 0.971 bits per heavy atom. The number of carbonyl (C=O) groups excluding carboxylic acids is 2. The van der Waals surface area contributed by atoms with Crippen LogP contribution in [0.4, 0.5) is 10.5 Å². The standard InChI is InChI=1S/C27H33N3O3S/c1-5-33-24-14-12-23(13-15-24)28-27(32)30(20(2)3)19-26(31)29(17-22-9-7-6-8-10-22)18-25-16-11-21(4)34-25/h6-16,20H,5,17-19H2,1-4H3,(H,28,32). The van der Waals surface area contributed by atoms with Crippen LogP contribution >= 0.6 is 11.3 Å². The molecule has 0 spiro atoms. The van der Waals surface area contributed by atoms with Crippen LogP contribution in [0.5, 0.6) is 5.75 Å². The number of nitrogens with zero attached hydrogens (tertiary/aromatic N) is 2. The van der Waals surface area contributed by atoms with E-state index in [1.54, 1.807) is 28.4 Å². The van der Waals surface area contributed by atoms with Gasteiger partial charge >= 0.3 is 6.03 Å². The van der Waals surface area contributed by atoms with E-state index in [0.29, 0.717) is 25.4 Å². The zero-order valence-corrected chi connectivity index (χ0v) is 21.1. The molecule has 2 aromatic carbocycles. The smallest absolute Gasteiger partial charge is 0.322 e. The summed E-state index contributed by atoms with van der Waals surface area (Å²) in [5, 5.41) is 2.90. The molecule has 0 fully saturated rings. The molecule has 1 aromatic heterocycles. The lowest BCUT2D eigenvalue weighted by Gasteiger charge is -2.30. The van der Waals surface area contributed by atoms with Gasteiger partial charge in [0.05, 0.1) is 13.2 Å². The summed E-state index contributed by atoms with van der Waals surface area (Å²) in [6, 6.07) is 20.8. The Labute approximate surface area is 206 Å². The van der Waals surface area contributed by atoms with E-state index >= 15 is 0 Å². The number of thiophene rings is 1. The van der Waals surface area contributed by atoms with E-state index in [2.05, 4.69) is 24.4 Å². The zero-order valence-electron chi connectivity index (χ0n) is 20.3. The lowest BCUT2D eigenvalue weighted by molar-refractivity contribution is -0.133. The number of aryl methyl sites for hydroxylation is 1. The minimum absolute atomic E-state index is 0.00226. The summed E-state index contributed by atoms with van der Waals surface area (Å²) in [4.78, 5) is 32.2. The summed E-state index contributed by atoms with van der Waals surface area (Å²) >= 11 is 1.68. The molecule has 7 heteroatoms. The number of hydrogen-bond donors (Lipinski definition) is 1. The van der Waals surface area contributed by atoms with E-state index in [1.807, 2.05) is 68.1 Å². The first kappa shape index (κ1) is 25.3. The van der Waals surface area contributed by atoms with Gasteiger partial charge in [0.2, 0.25) is 5.91 Å². The van der Waals surface area contributed by atoms with Gasteiger partial charge in [-0.25, -0.2) is 4.79 Å². The molecule has 0 radical (unpaired) electrons. The third-order valence-corrected chi connectivity index (χ3v) is 6.30. The topological polar surface area (TPSA) is 61.9 Å². The summed E-state index contributed by atoms with van der Waals surface area (Å²) in [5.74, 6) is 0.655. The second-order valence-corrected chi connectivity index (χ2v) is 9.73. The number of amides is 3. The fourth-order valence-corrected chi connectivity index (χ4v) is 4.43. The van der Waals surface area contributed by atoms with Gasteiger partial charge < -0.3 is 19.9 Å². The first-order valence-corrected chi connectivity index (χ1v) is 12.3. The molecule has 180 valence electrons. The monoisotopic (exact) mass is 479 g/mol. The van der Waals surface area contributed by atoms with E-state index in [9.17, 15) is 9.59 Å². The quantitative estimate of drug-likeness (QED) is 0.392. The summed E-state index contributed by atoms with van der Waals surface area (Å²) in [6.07, 6.45) is 0. The normalized spacial score (nSPS) is 10.7. The molecule has 3 aromatic rings. The first-order chi connectivity index (χ1) is 16.4. The van der Waals surface area contributed by atoms with Crippen molar-refractivity contribution in [2.24, 2.45) is 0 Å². The number of ether oxygens (including phenoxy) is 1. The van der Waals surface area contributed by atoms with Gasteiger partial charge in [0.15, 0.2) is 0 Å². The lowest BCUT2D eigenvalue weighted by Crippen LogP contribution is -2.47. The van der Waals surface area contributed by atoms with Crippen molar-refractivity contribution in [3.05, 3.63) is 82.0 Å². The minimum atomic E-state index is -0.306. The first-order valence-electron chi connectivity index (χ1n) is 11.5. The number of rotatable bonds is 10. The molecule has 0 atom stereocenters. The van der Waals surface area contributed by atoms with Crippen molar-refractivity contribution in [2.45, 2.75) is 46.8 Å². The van der Waals surface area contributed by atoms with Crippen molar-refractivity contribution >= 4 is 29.0 Å². The van der Waals surface area contributed by atoms with Crippen molar-refractivity contribution in [3.8, 4) is 5.75 Å². The minimum Gasteiger partial charge on any atom is -0.494 e. The number of hydrogen-bond acceptors (Lipinski definition) is 4. The third kappa shape index (κ3) is 7.35. The molecule has 0 aliphatic heterocycles. The molecule has 0 bridgehead atoms. The van der Waals surface area contributed by atoms with Crippen LogP contribution in [0.3, 0.4) is 0 Å². The summed E-state index contributed by atoms with van der Waals surface area (Å²) in [7, 11) is 0. The number of urea groups is 1. The van der Waals surface area contributed by atoms with Crippen LogP contribution in [-0.4, -0.2) is 40.9 Å². The summed E-state index contributed by atoms with van der Waals surface area (Å²) in [5.41, 5.74) is 1.71. The van der Waals surface area contributed by atoms with E-state index in [1.165, 1.54) is 4.88 Å². The third-order valence-electron chi connectivity index (χ3n) is 5.32. The van der Waals surface area contributed by atoms with Gasteiger partial charge in [-0.05, 0) is 69.7 Å². The van der Waals surface area contributed by atoms with Crippen LogP contribution in [0.1, 0.15) is 36.1 Å². The highest BCUT2D eigenvalue weighted by atomic mass is 32.1. The molecule has 1 heterocycles. The van der Waals surface area contributed by atoms with Gasteiger partial charge in [-0.2, -0.15) is 0 Å². The average Bonchev–Trinajstić information content (AvgIpc) is 3.23. The molecular weight excluding hydrogens is 446 g/mol. The van der Waals surface area contributed by atoms with E-state index < -0.39 is 0 Å².